The van der Waals surface area contributed by atoms with Crippen molar-refractivity contribution in [1.29, 1.82) is 0 Å². The Kier molecular flexibility index (Phi) is 10.1. The second-order valence-electron chi connectivity index (χ2n) is 7.48. The Bertz CT molecular complexity index is 829. The number of hydrogen-bond acceptors (Lipinski definition) is 4. The number of ether oxygens (including phenoxy) is 1. The highest BCUT2D eigenvalue weighted by molar-refractivity contribution is 14.0. The molecule has 166 valence electrons. The Morgan fingerprint density at radius 1 is 1.13 bits per heavy atom. The molecular formula is C22H35IN6O. The molecule has 2 N–H and O–H groups in total. The first-order valence-corrected chi connectivity index (χ1v) is 10.5. The molecule has 8 heteroatoms. The number of rotatable bonds is 7. The number of aliphatic imine (C=N–C) groups is 1. The lowest BCUT2D eigenvalue weighted by molar-refractivity contribution is 0.0341. The van der Waals surface area contributed by atoms with E-state index < -0.39 is 0 Å². The fourth-order valence-corrected chi connectivity index (χ4v) is 3.62. The minimum absolute atomic E-state index is 0. The lowest BCUT2D eigenvalue weighted by Crippen LogP contribution is -2.37. The van der Waals surface area contributed by atoms with Crippen LogP contribution in [0.25, 0.3) is 0 Å². The molecule has 0 radical (unpaired) electrons. The maximum Gasteiger partial charge on any atom is 0.191 e. The molecule has 2 aromatic rings. The second kappa shape index (κ2) is 12.3. The number of halogens is 1. The molecule has 1 aliphatic heterocycles. The van der Waals surface area contributed by atoms with Gasteiger partial charge in [-0.15, -0.1) is 24.0 Å². The van der Waals surface area contributed by atoms with Gasteiger partial charge in [-0.2, -0.15) is 5.10 Å². The zero-order valence-corrected chi connectivity index (χ0v) is 20.9. The average molecular weight is 526 g/mol. The predicted molar refractivity (Wildman–Crippen MR) is 132 cm³/mol. The Balaban J connectivity index is 0.00000320. The lowest BCUT2D eigenvalue weighted by atomic mass is 10.1. The Labute approximate surface area is 197 Å². The van der Waals surface area contributed by atoms with Gasteiger partial charge in [0.25, 0.3) is 0 Å². The first-order chi connectivity index (χ1) is 14.1. The number of morpholine rings is 1. The van der Waals surface area contributed by atoms with Crippen LogP contribution in [-0.4, -0.2) is 53.5 Å². The molecule has 0 unspecified atom stereocenters. The molecular weight excluding hydrogens is 491 g/mol. The van der Waals surface area contributed by atoms with Gasteiger partial charge in [0.15, 0.2) is 5.96 Å². The fourth-order valence-electron chi connectivity index (χ4n) is 3.62. The number of benzene rings is 1. The molecule has 0 spiro atoms. The summed E-state index contributed by atoms with van der Waals surface area (Å²) < 4.78 is 7.40. The Morgan fingerprint density at radius 2 is 1.83 bits per heavy atom. The van der Waals surface area contributed by atoms with Crippen molar-refractivity contribution in [2.24, 2.45) is 12.0 Å². The van der Waals surface area contributed by atoms with Gasteiger partial charge >= 0.3 is 0 Å². The number of hydrogen-bond donors (Lipinski definition) is 2. The first-order valence-electron chi connectivity index (χ1n) is 10.5. The van der Waals surface area contributed by atoms with Crippen molar-refractivity contribution in [3.63, 3.8) is 0 Å². The SMILES string of the molecule is CCNC(=NCc1ccccc1CN1CCOCC1)NCc1c(C)nn(C)c1C.I. The van der Waals surface area contributed by atoms with Crippen molar-refractivity contribution in [2.45, 2.75) is 40.4 Å². The van der Waals surface area contributed by atoms with Gasteiger partial charge in [-0.1, -0.05) is 24.3 Å². The third kappa shape index (κ3) is 6.68. The maximum absolute atomic E-state index is 5.47. The van der Waals surface area contributed by atoms with E-state index in [9.17, 15) is 0 Å². The number of aromatic nitrogens is 2. The summed E-state index contributed by atoms with van der Waals surface area (Å²) in [6.07, 6.45) is 0. The molecule has 1 saturated heterocycles. The topological polar surface area (TPSA) is 66.7 Å². The minimum atomic E-state index is 0. The summed E-state index contributed by atoms with van der Waals surface area (Å²) in [6, 6.07) is 8.60. The lowest BCUT2D eigenvalue weighted by Gasteiger charge is -2.27. The molecule has 30 heavy (non-hydrogen) atoms. The summed E-state index contributed by atoms with van der Waals surface area (Å²) >= 11 is 0. The highest BCUT2D eigenvalue weighted by Crippen LogP contribution is 2.14. The maximum atomic E-state index is 5.47. The molecule has 1 fully saturated rings. The molecule has 2 heterocycles. The third-order valence-corrected chi connectivity index (χ3v) is 5.46. The van der Waals surface area contributed by atoms with Gasteiger partial charge < -0.3 is 15.4 Å². The van der Waals surface area contributed by atoms with Gasteiger partial charge in [-0.05, 0) is 31.9 Å². The van der Waals surface area contributed by atoms with Crippen molar-refractivity contribution >= 4 is 29.9 Å². The van der Waals surface area contributed by atoms with E-state index in [1.165, 1.54) is 22.4 Å². The van der Waals surface area contributed by atoms with Crippen molar-refractivity contribution in [3.05, 3.63) is 52.3 Å². The van der Waals surface area contributed by atoms with E-state index in [4.69, 9.17) is 9.73 Å². The second-order valence-corrected chi connectivity index (χ2v) is 7.48. The largest absolute Gasteiger partial charge is 0.379 e. The van der Waals surface area contributed by atoms with E-state index in [0.29, 0.717) is 13.1 Å². The van der Waals surface area contributed by atoms with Gasteiger partial charge in [-0.25, -0.2) is 4.99 Å². The van der Waals surface area contributed by atoms with Crippen molar-refractivity contribution in [2.75, 3.05) is 32.8 Å². The monoisotopic (exact) mass is 526 g/mol. The molecule has 1 aliphatic rings. The van der Waals surface area contributed by atoms with Gasteiger partial charge in [0, 0.05) is 51.0 Å². The highest BCUT2D eigenvalue weighted by Gasteiger charge is 2.13. The van der Waals surface area contributed by atoms with Gasteiger partial charge in [0.1, 0.15) is 0 Å². The van der Waals surface area contributed by atoms with Gasteiger partial charge in [0.2, 0.25) is 0 Å². The smallest absolute Gasteiger partial charge is 0.191 e. The molecule has 0 saturated carbocycles. The molecule has 0 bridgehead atoms. The van der Waals surface area contributed by atoms with Crippen LogP contribution in [0.4, 0.5) is 0 Å². The number of nitrogens with zero attached hydrogens (tertiary/aromatic N) is 4. The first kappa shape index (κ1) is 24.6. The zero-order valence-electron chi connectivity index (χ0n) is 18.6. The van der Waals surface area contributed by atoms with Crippen LogP contribution in [-0.2, 0) is 31.4 Å². The molecule has 0 amide bonds. The quantitative estimate of drug-likeness (QED) is 0.330. The van der Waals surface area contributed by atoms with Crippen LogP contribution in [0, 0.1) is 13.8 Å². The fraction of sp³-hybridized carbons (Fsp3) is 0.545. The third-order valence-electron chi connectivity index (χ3n) is 5.46. The normalized spacial score (nSPS) is 15.0. The van der Waals surface area contributed by atoms with E-state index in [-0.39, 0.29) is 24.0 Å². The molecule has 1 aromatic heterocycles. The Morgan fingerprint density at radius 3 is 2.47 bits per heavy atom. The number of aryl methyl sites for hydroxylation is 2. The van der Waals surface area contributed by atoms with Crippen LogP contribution in [0.1, 0.15) is 35.0 Å². The van der Waals surface area contributed by atoms with Crippen LogP contribution in [0.15, 0.2) is 29.3 Å². The Hall–Kier alpha value is -1.65. The minimum Gasteiger partial charge on any atom is -0.379 e. The highest BCUT2D eigenvalue weighted by atomic mass is 127. The van der Waals surface area contributed by atoms with Gasteiger partial charge in [0.05, 0.1) is 25.5 Å². The summed E-state index contributed by atoms with van der Waals surface area (Å²) in [5.74, 6) is 0.830. The van der Waals surface area contributed by atoms with Gasteiger partial charge in [-0.3, -0.25) is 9.58 Å². The van der Waals surface area contributed by atoms with Crippen LogP contribution in [0.2, 0.25) is 0 Å². The molecule has 7 nitrogen and oxygen atoms in total. The van der Waals surface area contributed by atoms with E-state index >= 15 is 0 Å². The van der Waals surface area contributed by atoms with Crippen LogP contribution in [0.5, 0.6) is 0 Å². The predicted octanol–water partition coefficient (Wildman–Crippen LogP) is 2.74. The van der Waals surface area contributed by atoms with Crippen molar-refractivity contribution in [3.8, 4) is 0 Å². The van der Waals surface area contributed by atoms with E-state index in [1.54, 1.807) is 0 Å². The molecule has 3 rings (SSSR count). The summed E-state index contributed by atoms with van der Waals surface area (Å²) in [5.41, 5.74) is 6.08. The van der Waals surface area contributed by atoms with E-state index in [2.05, 4.69) is 65.7 Å². The zero-order chi connectivity index (χ0) is 20.6. The van der Waals surface area contributed by atoms with Crippen LogP contribution < -0.4 is 10.6 Å². The summed E-state index contributed by atoms with van der Waals surface area (Å²) in [4.78, 5) is 7.29. The van der Waals surface area contributed by atoms with Crippen LogP contribution in [0.3, 0.4) is 0 Å². The number of guanidine groups is 1. The summed E-state index contributed by atoms with van der Waals surface area (Å²) in [6.45, 7) is 13.0. The van der Waals surface area contributed by atoms with E-state index in [1.807, 2.05) is 11.7 Å². The summed E-state index contributed by atoms with van der Waals surface area (Å²) in [7, 11) is 1.98. The number of nitrogens with one attached hydrogen (secondary N) is 2. The summed E-state index contributed by atoms with van der Waals surface area (Å²) in [5, 5.41) is 11.3. The van der Waals surface area contributed by atoms with Crippen LogP contribution >= 0.6 is 24.0 Å². The van der Waals surface area contributed by atoms with Crippen molar-refractivity contribution < 1.29 is 4.74 Å². The van der Waals surface area contributed by atoms with Crippen molar-refractivity contribution in [1.82, 2.24) is 25.3 Å². The molecule has 1 aromatic carbocycles. The molecule has 0 atom stereocenters. The van der Waals surface area contributed by atoms with E-state index in [0.717, 1.165) is 51.0 Å². The average Bonchev–Trinajstić information content (AvgIpc) is 2.97. The standard InChI is InChI=1S/C22H34N6O.HI/c1-5-23-22(25-15-21-17(2)26-27(4)18(21)3)24-14-19-8-6-7-9-20(19)16-28-10-12-29-13-11-28;/h6-9H,5,10-16H2,1-4H3,(H2,23,24,25);1H. The molecule has 0 aliphatic carbocycles.